The molecule has 1 aliphatic rings. The van der Waals surface area contributed by atoms with Crippen molar-refractivity contribution in [3.63, 3.8) is 0 Å². The third kappa shape index (κ3) is 4.27. The Morgan fingerprint density at radius 3 is 3.12 bits per heavy atom. The van der Waals surface area contributed by atoms with Gasteiger partial charge in [0.1, 0.15) is 0 Å². The van der Waals surface area contributed by atoms with Crippen LogP contribution in [-0.2, 0) is 4.79 Å². The van der Waals surface area contributed by atoms with Crippen LogP contribution in [0.3, 0.4) is 0 Å². The van der Waals surface area contributed by atoms with Crippen LogP contribution in [0.1, 0.15) is 19.3 Å². The molecule has 1 aliphatic heterocycles. The van der Waals surface area contributed by atoms with Gasteiger partial charge in [-0.3, -0.25) is 4.79 Å². The van der Waals surface area contributed by atoms with Gasteiger partial charge in [-0.2, -0.15) is 0 Å². The van der Waals surface area contributed by atoms with Gasteiger partial charge in [-0.15, -0.1) is 0 Å². The highest BCUT2D eigenvalue weighted by molar-refractivity contribution is 14.1. The number of hydrogen-bond acceptors (Lipinski definition) is 2. The van der Waals surface area contributed by atoms with Crippen LogP contribution in [0.15, 0.2) is 24.3 Å². The van der Waals surface area contributed by atoms with Crippen molar-refractivity contribution in [3.8, 4) is 0 Å². The van der Waals surface area contributed by atoms with Crippen molar-refractivity contribution in [1.29, 1.82) is 0 Å². The lowest BCUT2D eigenvalue weighted by Gasteiger charge is -2.08. The molecule has 1 heterocycles. The minimum atomic E-state index is 0.124. The van der Waals surface area contributed by atoms with Crippen LogP contribution in [0.4, 0.5) is 5.69 Å². The normalized spacial score (nSPS) is 19.2. The molecule has 2 rings (SSSR count). The highest BCUT2D eigenvalue weighted by atomic mass is 127. The zero-order chi connectivity index (χ0) is 12.1. The number of halogens is 1. The van der Waals surface area contributed by atoms with Gasteiger partial charge in [0.15, 0.2) is 0 Å². The minimum Gasteiger partial charge on any atom is -0.326 e. The van der Waals surface area contributed by atoms with E-state index >= 15 is 0 Å². The molecule has 1 aromatic rings. The lowest BCUT2D eigenvalue weighted by atomic mass is 10.0. The third-order valence-corrected chi connectivity index (χ3v) is 3.72. The van der Waals surface area contributed by atoms with E-state index in [0.29, 0.717) is 12.3 Å². The number of hydrogen-bond donors (Lipinski definition) is 2. The summed E-state index contributed by atoms with van der Waals surface area (Å²) < 4.78 is 1.14. The Morgan fingerprint density at radius 2 is 2.41 bits per heavy atom. The van der Waals surface area contributed by atoms with Crippen molar-refractivity contribution >= 4 is 34.2 Å². The van der Waals surface area contributed by atoms with E-state index in [0.717, 1.165) is 28.8 Å². The monoisotopic (exact) mass is 344 g/mol. The summed E-state index contributed by atoms with van der Waals surface area (Å²) in [6, 6.07) is 7.88. The first-order valence-electron chi connectivity index (χ1n) is 6.00. The van der Waals surface area contributed by atoms with Crippen LogP contribution in [0.2, 0.25) is 0 Å². The van der Waals surface area contributed by atoms with E-state index in [4.69, 9.17) is 0 Å². The molecule has 3 nitrogen and oxygen atoms in total. The first kappa shape index (κ1) is 12.8. The van der Waals surface area contributed by atoms with E-state index in [-0.39, 0.29) is 5.91 Å². The summed E-state index contributed by atoms with van der Waals surface area (Å²) in [6.45, 7) is 2.17. The molecule has 1 unspecified atom stereocenters. The van der Waals surface area contributed by atoms with Gasteiger partial charge in [0.05, 0.1) is 0 Å². The number of benzene rings is 1. The predicted molar refractivity (Wildman–Crippen MR) is 78.0 cm³/mol. The van der Waals surface area contributed by atoms with Gasteiger partial charge in [0.25, 0.3) is 0 Å². The molecule has 1 amide bonds. The second-order valence-corrected chi connectivity index (χ2v) is 5.70. The summed E-state index contributed by atoms with van der Waals surface area (Å²) in [5.41, 5.74) is 0.895. The van der Waals surface area contributed by atoms with Crippen LogP contribution in [0.5, 0.6) is 0 Å². The molecule has 1 aromatic carbocycles. The van der Waals surface area contributed by atoms with E-state index in [1.54, 1.807) is 0 Å². The van der Waals surface area contributed by atoms with E-state index in [1.165, 1.54) is 6.42 Å². The lowest BCUT2D eigenvalue weighted by Crippen LogP contribution is -2.15. The van der Waals surface area contributed by atoms with Crippen molar-refractivity contribution in [3.05, 3.63) is 27.8 Å². The topological polar surface area (TPSA) is 41.1 Å². The highest BCUT2D eigenvalue weighted by Gasteiger charge is 2.15. The second-order valence-electron chi connectivity index (χ2n) is 4.46. The number of nitrogens with one attached hydrogen (secondary N) is 2. The van der Waals surface area contributed by atoms with Crippen LogP contribution in [0.25, 0.3) is 0 Å². The summed E-state index contributed by atoms with van der Waals surface area (Å²) in [7, 11) is 0. The summed E-state index contributed by atoms with van der Waals surface area (Å²) in [5.74, 6) is 0.801. The SMILES string of the molecule is O=C(CCC1CCNC1)Nc1cccc(I)c1. The Kier molecular flexibility index (Phi) is 4.79. The molecule has 92 valence electrons. The molecule has 17 heavy (non-hydrogen) atoms. The fourth-order valence-corrected chi connectivity index (χ4v) is 2.63. The quantitative estimate of drug-likeness (QED) is 0.825. The maximum atomic E-state index is 11.7. The fraction of sp³-hybridized carbons (Fsp3) is 0.462. The molecule has 0 aliphatic carbocycles. The van der Waals surface area contributed by atoms with Crippen LogP contribution in [-0.4, -0.2) is 19.0 Å². The zero-order valence-electron chi connectivity index (χ0n) is 9.71. The molecule has 1 saturated heterocycles. The summed E-state index contributed by atoms with van der Waals surface area (Å²) in [6.07, 6.45) is 2.82. The highest BCUT2D eigenvalue weighted by Crippen LogP contribution is 2.16. The van der Waals surface area contributed by atoms with E-state index < -0.39 is 0 Å². The fourth-order valence-electron chi connectivity index (χ4n) is 2.09. The molecular formula is C13H17IN2O. The van der Waals surface area contributed by atoms with Crippen molar-refractivity contribution in [2.45, 2.75) is 19.3 Å². The molecule has 0 bridgehead atoms. The number of anilines is 1. The van der Waals surface area contributed by atoms with Crippen molar-refractivity contribution in [2.75, 3.05) is 18.4 Å². The summed E-state index contributed by atoms with van der Waals surface area (Å²) in [5, 5.41) is 6.26. The number of carbonyl (C=O) groups is 1. The van der Waals surface area contributed by atoms with Gasteiger partial charge >= 0.3 is 0 Å². The Balaban J connectivity index is 1.76. The van der Waals surface area contributed by atoms with Gasteiger partial charge in [0.2, 0.25) is 5.91 Å². The number of amides is 1. The molecule has 2 N–H and O–H groups in total. The molecule has 0 saturated carbocycles. The Morgan fingerprint density at radius 1 is 1.53 bits per heavy atom. The Labute approximate surface area is 116 Å². The van der Waals surface area contributed by atoms with Gasteiger partial charge < -0.3 is 10.6 Å². The van der Waals surface area contributed by atoms with Crippen molar-refractivity contribution in [2.24, 2.45) is 5.92 Å². The Bertz CT molecular complexity index is 389. The predicted octanol–water partition coefficient (Wildman–Crippen LogP) is 2.62. The molecule has 4 heteroatoms. The average Bonchev–Trinajstić information content (AvgIpc) is 2.79. The van der Waals surface area contributed by atoms with Crippen LogP contribution in [0, 0.1) is 9.49 Å². The molecule has 1 atom stereocenters. The maximum Gasteiger partial charge on any atom is 0.224 e. The van der Waals surface area contributed by atoms with Gasteiger partial charge in [-0.25, -0.2) is 0 Å². The molecule has 0 aromatic heterocycles. The first-order chi connectivity index (χ1) is 8.24. The first-order valence-corrected chi connectivity index (χ1v) is 7.08. The number of rotatable bonds is 4. The summed E-state index contributed by atoms with van der Waals surface area (Å²) in [4.78, 5) is 11.7. The average molecular weight is 344 g/mol. The van der Waals surface area contributed by atoms with Gasteiger partial charge in [0, 0.05) is 15.7 Å². The molecule has 0 radical (unpaired) electrons. The van der Waals surface area contributed by atoms with Crippen LogP contribution >= 0.6 is 22.6 Å². The maximum absolute atomic E-state index is 11.7. The Hall–Kier alpha value is -0.620. The van der Waals surface area contributed by atoms with E-state index in [1.807, 2.05) is 24.3 Å². The summed E-state index contributed by atoms with van der Waals surface area (Å²) >= 11 is 2.24. The molecule has 1 fully saturated rings. The van der Waals surface area contributed by atoms with Gasteiger partial charge in [-0.1, -0.05) is 6.07 Å². The van der Waals surface area contributed by atoms with E-state index in [2.05, 4.69) is 33.2 Å². The lowest BCUT2D eigenvalue weighted by molar-refractivity contribution is -0.116. The van der Waals surface area contributed by atoms with Gasteiger partial charge in [-0.05, 0) is 72.6 Å². The van der Waals surface area contributed by atoms with Crippen molar-refractivity contribution < 1.29 is 4.79 Å². The minimum absolute atomic E-state index is 0.124. The van der Waals surface area contributed by atoms with Crippen molar-refractivity contribution in [1.82, 2.24) is 5.32 Å². The largest absolute Gasteiger partial charge is 0.326 e. The van der Waals surface area contributed by atoms with E-state index in [9.17, 15) is 4.79 Å². The zero-order valence-corrected chi connectivity index (χ0v) is 11.9. The third-order valence-electron chi connectivity index (χ3n) is 3.05. The standard InChI is InChI=1S/C13H17IN2O/c14-11-2-1-3-12(8-11)16-13(17)5-4-10-6-7-15-9-10/h1-3,8,10,15H,4-7,9H2,(H,16,17). The van der Waals surface area contributed by atoms with Crippen LogP contribution < -0.4 is 10.6 Å². The number of carbonyl (C=O) groups excluding carboxylic acids is 1. The smallest absolute Gasteiger partial charge is 0.224 e. The second kappa shape index (κ2) is 6.35. The molecule has 0 spiro atoms. The molecular weight excluding hydrogens is 327 g/mol.